The van der Waals surface area contributed by atoms with Gasteiger partial charge >= 0.3 is 12.2 Å². The highest BCUT2D eigenvalue weighted by atomic mass is 16.6. The molecule has 0 aromatic carbocycles. The molecule has 0 aliphatic carbocycles. The Hall–Kier alpha value is -3.06. The molecular weight excluding hydrogens is 500 g/mol. The van der Waals surface area contributed by atoms with Crippen LogP contribution in [0.2, 0.25) is 0 Å². The molecule has 0 saturated carbocycles. The zero-order valence-corrected chi connectivity index (χ0v) is 23.2. The number of ether oxygens (including phenoxy) is 3. The van der Waals surface area contributed by atoms with E-state index in [4.69, 9.17) is 19.0 Å². The fourth-order valence-corrected chi connectivity index (χ4v) is 2.69. The summed E-state index contributed by atoms with van der Waals surface area (Å²) in [6.07, 6.45) is 6.01. The summed E-state index contributed by atoms with van der Waals surface area (Å²) < 4.78 is 15.1. The Morgan fingerprint density at radius 3 is 1.95 bits per heavy atom. The molecule has 0 radical (unpaired) electrons. The van der Waals surface area contributed by atoms with Crippen LogP contribution in [0.4, 0.5) is 9.59 Å². The number of carbonyl (C=O) groups is 6. The van der Waals surface area contributed by atoms with Gasteiger partial charge in [-0.1, -0.05) is 0 Å². The predicted octanol–water partition coefficient (Wildman–Crippen LogP) is 1.52. The first-order chi connectivity index (χ1) is 18.5. The maximum Gasteiger partial charge on any atom is 0.407 e. The lowest BCUT2D eigenvalue weighted by molar-refractivity contribution is -0.123. The van der Waals surface area contributed by atoms with Crippen molar-refractivity contribution >= 4 is 37.5 Å². The monoisotopic (exact) mass is 548 g/mol. The van der Waals surface area contributed by atoms with Gasteiger partial charge in [-0.3, -0.25) is 4.79 Å². The van der Waals surface area contributed by atoms with E-state index in [1.807, 2.05) is 13.8 Å². The van der Waals surface area contributed by atoms with Crippen molar-refractivity contribution in [2.75, 3.05) is 53.1 Å². The highest BCUT2D eigenvalue weighted by Crippen LogP contribution is 2.02. The van der Waals surface area contributed by atoms with E-state index in [-0.39, 0.29) is 12.5 Å². The second kappa shape index (κ2) is 33.9. The third kappa shape index (κ3) is 31.0. The Balaban J connectivity index is -0.00000117. The predicted molar refractivity (Wildman–Crippen MR) is 143 cm³/mol. The molecule has 0 saturated heterocycles. The van der Waals surface area contributed by atoms with Crippen LogP contribution in [0.5, 0.6) is 0 Å². The average Bonchev–Trinajstić information content (AvgIpc) is 2.91. The van der Waals surface area contributed by atoms with Crippen LogP contribution >= 0.6 is 0 Å². The molecule has 0 aromatic rings. The van der Waals surface area contributed by atoms with E-state index >= 15 is 0 Å². The second-order valence-electron chi connectivity index (χ2n) is 7.54. The SMILES string of the molecule is C=O.CCOC(=O)NCCCCC(NC(=O)OCC)C(=O)NCCOCCCCNC.O=CCCCC=O. The van der Waals surface area contributed by atoms with Crippen LogP contribution in [0.3, 0.4) is 0 Å². The Bertz CT molecular complexity index is 587. The van der Waals surface area contributed by atoms with Crippen molar-refractivity contribution in [3.05, 3.63) is 0 Å². The molecule has 38 heavy (non-hydrogen) atoms. The van der Waals surface area contributed by atoms with E-state index in [0.29, 0.717) is 71.4 Å². The van der Waals surface area contributed by atoms with E-state index in [9.17, 15) is 24.0 Å². The molecule has 3 amide bonds. The maximum absolute atomic E-state index is 12.4. The summed E-state index contributed by atoms with van der Waals surface area (Å²) in [5.41, 5.74) is 0. The van der Waals surface area contributed by atoms with Gasteiger partial charge in [0.25, 0.3) is 0 Å². The fraction of sp³-hybridized carbons (Fsp3) is 0.760. The minimum absolute atomic E-state index is 0.227. The molecule has 1 unspecified atom stereocenters. The summed E-state index contributed by atoms with van der Waals surface area (Å²) in [5.74, 6) is -0.282. The second-order valence-corrected chi connectivity index (χ2v) is 7.54. The number of carbonyl (C=O) groups excluding carboxylic acids is 6. The Labute approximate surface area is 226 Å². The minimum Gasteiger partial charge on any atom is -0.450 e. The molecule has 0 heterocycles. The van der Waals surface area contributed by atoms with Crippen molar-refractivity contribution in [1.29, 1.82) is 0 Å². The highest BCUT2D eigenvalue weighted by Gasteiger charge is 2.20. The van der Waals surface area contributed by atoms with E-state index in [1.54, 1.807) is 13.8 Å². The first-order valence-electron chi connectivity index (χ1n) is 13.0. The van der Waals surface area contributed by atoms with Crippen LogP contribution in [-0.2, 0) is 33.4 Å². The van der Waals surface area contributed by atoms with Gasteiger partial charge < -0.3 is 49.9 Å². The van der Waals surface area contributed by atoms with Gasteiger partial charge in [-0.15, -0.1) is 0 Å². The Morgan fingerprint density at radius 2 is 1.37 bits per heavy atom. The quantitative estimate of drug-likeness (QED) is 0.121. The molecule has 0 bridgehead atoms. The number of hydrogen-bond donors (Lipinski definition) is 4. The van der Waals surface area contributed by atoms with Gasteiger partial charge in [-0.2, -0.15) is 0 Å². The average molecular weight is 549 g/mol. The zero-order valence-electron chi connectivity index (χ0n) is 23.2. The van der Waals surface area contributed by atoms with Crippen LogP contribution in [0, 0.1) is 0 Å². The molecule has 0 aliphatic rings. The number of alkyl carbamates (subject to hydrolysis) is 2. The highest BCUT2D eigenvalue weighted by molar-refractivity contribution is 5.85. The maximum atomic E-state index is 12.4. The van der Waals surface area contributed by atoms with Crippen molar-refractivity contribution in [1.82, 2.24) is 21.3 Å². The number of aldehydes is 2. The first kappa shape index (κ1) is 39.5. The normalized spacial score (nSPS) is 10.3. The van der Waals surface area contributed by atoms with Gasteiger partial charge in [-0.25, -0.2) is 9.59 Å². The molecule has 0 fully saturated rings. The lowest BCUT2D eigenvalue weighted by Gasteiger charge is -2.18. The van der Waals surface area contributed by atoms with Gasteiger partial charge in [0.2, 0.25) is 5.91 Å². The van der Waals surface area contributed by atoms with Crippen molar-refractivity contribution in [2.24, 2.45) is 0 Å². The van der Waals surface area contributed by atoms with Gasteiger partial charge in [0.15, 0.2) is 0 Å². The molecule has 4 N–H and O–H groups in total. The van der Waals surface area contributed by atoms with E-state index in [1.165, 1.54) is 0 Å². The molecule has 0 rings (SSSR count). The van der Waals surface area contributed by atoms with E-state index in [0.717, 1.165) is 32.0 Å². The van der Waals surface area contributed by atoms with Crippen LogP contribution in [0.15, 0.2) is 0 Å². The zero-order chi connectivity index (χ0) is 29.3. The molecule has 1 atom stereocenters. The molecule has 13 nitrogen and oxygen atoms in total. The lowest BCUT2D eigenvalue weighted by atomic mass is 10.1. The summed E-state index contributed by atoms with van der Waals surface area (Å²) in [5, 5.41) is 11.0. The summed E-state index contributed by atoms with van der Waals surface area (Å²) in [6.45, 7) is 8.81. The summed E-state index contributed by atoms with van der Waals surface area (Å²) in [6, 6.07) is -0.702. The Kier molecular flexibility index (Phi) is 35.2. The number of nitrogens with one attached hydrogen (secondary N) is 4. The van der Waals surface area contributed by atoms with Crippen molar-refractivity contribution < 1.29 is 43.0 Å². The Morgan fingerprint density at radius 1 is 0.763 bits per heavy atom. The van der Waals surface area contributed by atoms with Gasteiger partial charge in [0, 0.05) is 32.5 Å². The molecule has 0 spiro atoms. The van der Waals surface area contributed by atoms with Crippen LogP contribution in [0.1, 0.15) is 65.2 Å². The van der Waals surface area contributed by atoms with E-state index in [2.05, 4.69) is 21.3 Å². The van der Waals surface area contributed by atoms with Gasteiger partial charge in [-0.05, 0) is 66.0 Å². The summed E-state index contributed by atoms with van der Waals surface area (Å²) in [4.78, 5) is 62.4. The smallest absolute Gasteiger partial charge is 0.407 e. The fourth-order valence-electron chi connectivity index (χ4n) is 2.69. The number of amides is 3. The van der Waals surface area contributed by atoms with Crippen molar-refractivity contribution in [3.63, 3.8) is 0 Å². The third-order valence-corrected chi connectivity index (χ3v) is 4.50. The van der Waals surface area contributed by atoms with Crippen LogP contribution < -0.4 is 21.3 Å². The van der Waals surface area contributed by atoms with Crippen molar-refractivity contribution in [2.45, 2.75) is 71.3 Å². The lowest BCUT2D eigenvalue weighted by Crippen LogP contribution is -2.47. The van der Waals surface area contributed by atoms with Gasteiger partial charge in [0.05, 0.1) is 19.8 Å². The third-order valence-electron chi connectivity index (χ3n) is 4.50. The molecule has 0 aromatic heterocycles. The van der Waals surface area contributed by atoms with Crippen molar-refractivity contribution in [3.8, 4) is 0 Å². The number of unbranched alkanes of at least 4 members (excludes halogenated alkanes) is 4. The number of rotatable bonds is 21. The molecular formula is C25H48N4O9. The molecule has 13 heteroatoms. The van der Waals surface area contributed by atoms with E-state index < -0.39 is 18.2 Å². The molecule has 0 aliphatic heterocycles. The molecule has 222 valence electrons. The summed E-state index contributed by atoms with van der Waals surface area (Å²) in [7, 11) is 1.91. The topological polar surface area (TPSA) is 178 Å². The number of hydrogen-bond acceptors (Lipinski definition) is 10. The first-order valence-corrected chi connectivity index (χ1v) is 13.0. The summed E-state index contributed by atoms with van der Waals surface area (Å²) >= 11 is 0. The standard InChI is InChI=1S/C19H38N4O6.C5H8O2.CH2O/c1-4-28-18(25)22-12-7-6-10-16(23-19(26)29-5-2)17(24)21-13-15-27-14-9-8-11-20-3;6-4-2-1-3-5-7;1-2/h16,20H,4-15H2,1-3H3,(H,21,24)(H,22,25)(H,23,26);4-5H,1-3H2;1H2. The van der Waals surface area contributed by atoms with Crippen LogP contribution in [0.25, 0.3) is 0 Å². The minimum atomic E-state index is -0.702. The van der Waals surface area contributed by atoms with Crippen LogP contribution in [-0.4, -0.2) is 96.6 Å². The largest absolute Gasteiger partial charge is 0.450 e. The van der Waals surface area contributed by atoms with Gasteiger partial charge in [0.1, 0.15) is 25.4 Å².